The summed E-state index contributed by atoms with van der Waals surface area (Å²) in [5.74, 6) is 0.413. The van der Waals surface area contributed by atoms with Gasteiger partial charge in [0.15, 0.2) is 5.11 Å². The van der Waals surface area contributed by atoms with Crippen LogP contribution in [0, 0.1) is 16.0 Å². The predicted octanol–water partition coefficient (Wildman–Crippen LogP) is 4.41. The number of nitrogens with zero attached hydrogens (tertiary/aromatic N) is 4. The average Bonchev–Trinajstić information content (AvgIpc) is 3.33. The van der Waals surface area contributed by atoms with E-state index in [1.807, 2.05) is 47.2 Å². The summed E-state index contributed by atoms with van der Waals surface area (Å²) in [6, 6.07) is 16.3. The minimum atomic E-state index is -0.374. The maximum absolute atomic E-state index is 11.3. The van der Waals surface area contributed by atoms with Crippen LogP contribution in [0.4, 0.5) is 5.69 Å². The quantitative estimate of drug-likeness (QED) is 0.361. The third kappa shape index (κ3) is 3.78. The lowest BCUT2D eigenvalue weighted by molar-refractivity contribution is -0.384. The highest BCUT2D eigenvalue weighted by molar-refractivity contribution is 7.80. The summed E-state index contributed by atoms with van der Waals surface area (Å²) in [5.41, 5.74) is 2.71. The minimum absolute atomic E-state index is 0.0625. The van der Waals surface area contributed by atoms with Gasteiger partial charge in [0.2, 0.25) is 0 Å². The molecule has 0 amide bonds. The van der Waals surface area contributed by atoms with E-state index in [1.165, 1.54) is 6.07 Å². The van der Waals surface area contributed by atoms with Crippen molar-refractivity contribution in [3.05, 3.63) is 88.5 Å². The maximum atomic E-state index is 11.3. The molecule has 0 spiro atoms. The van der Waals surface area contributed by atoms with E-state index in [0.29, 0.717) is 11.0 Å². The summed E-state index contributed by atoms with van der Waals surface area (Å²) in [5, 5.41) is 15.4. The second kappa shape index (κ2) is 8.23. The Morgan fingerprint density at radius 3 is 2.73 bits per heavy atom. The third-order valence-electron chi connectivity index (χ3n) is 5.16. The monoisotopic (exact) mass is 421 g/mol. The molecule has 0 bridgehead atoms. The summed E-state index contributed by atoms with van der Waals surface area (Å²) < 4.78 is 2.00. The highest BCUT2D eigenvalue weighted by Crippen LogP contribution is 2.40. The first-order valence-corrected chi connectivity index (χ1v) is 10.3. The molecule has 1 aliphatic rings. The molecule has 1 aromatic carbocycles. The van der Waals surface area contributed by atoms with Crippen LogP contribution in [-0.2, 0) is 0 Å². The lowest BCUT2D eigenvalue weighted by Gasteiger charge is -2.30. The molecule has 0 saturated carbocycles. The van der Waals surface area contributed by atoms with Crippen molar-refractivity contribution < 1.29 is 4.92 Å². The van der Waals surface area contributed by atoms with Crippen molar-refractivity contribution in [3.63, 3.8) is 0 Å². The summed E-state index contributed by atoms with van der Waals surface area (Å²) >= 11 is 5.69. The first-order valence-electron chi connectivity index (χ1n) is 9.86. The van der Waals surface area contributed by atoms with Crippen LogP contribution in [0.1, 0.15) is 37.3 Å². The lowest BCUT2D eigenvalue weighted by atomic mass is 10.0. The zero-order chi connectivity index (χ0) is 21.3. The predicted molar refractivity (Wildman–Crippen MR) is 119 cm³/mol. The summed E-state index contributed by atoms with van der Waals surface area (Å²) in [4.78, 5) is 17.7. The fourth-order valence-electron chi connectivity index (χ4n) is 3.94. The van der Waals surface area contributed by atoms with E-state index in [0.717, 1.165) is 23.6 Å². The Kier molecular flexibility index (Phi) is 5.50. The second-order valence-electron chi connectivity index (χ2n) is 7.75. The van der Waals surface area contributed by atoms with Crippen LogP contribution in [0.15, 0.2) is 67.0 Å². The number of rotatable bonds is 6. The van der Waals surface area contributed by atoms with Gasteiger partial charge < -0.3 is 14.8 Å². The molecule has 1 N–H and O–H groups in total. The number of pyridine rings is 1. The number of thiocarbonyl (C=S) groups is 1. The van der Waals surface area contributed by atoms with Crippen LogP contribution in [0.2, 0.25) is 0 Å². The van der Waals surface area contributed by atoms with Crippen molar-refractivity contribution in [2.45, 2.75) is 25.9 Å². The maximum Gasteiger partial charge on any atom is 0.271 e. The van der Waals surface area contributed by atoms with E-state index < -0.39 is 0 Å². The van der Waals surface area contributed by atoms with Crippen molar-refractivity contribution in [3.8, 4) is 5.69 Å². The van der Waals surface area contributed by atoms with Gasteiger partial charge >= 0.3 is 0 Å². The molecule has 30 heavy (non-hydrogen) atoms. The highest BCUT2D eigenvalue weighted by atomic mass is 32.1. The molecule has 0 radical (unpaired) electrons. The van der Waals surface area contributed by atoms with E-state index in [9.17, 15) is 10.1 Å². The van der Waals surface area contributed by atoms with Gasteiger partial charge in [0.1, 0.15) is 0 Å². The number of nitro groups is 1. The minimum Gasteiger partial charge on any atom is -0.352 e. The van der Waals surface area contributed by atoms with Gasteiger partial charge in [-0.1, -0.05) is 26.0 Å². The number of aromatic nitrogens is 2. The number of hydrogen-bond donors (Lipinski definition) is 1. The number of non-ortho nitro benzene ring substituents is 1. The largest absolute Gasteiger partial charge is 0.352 e. The van der Waals surface area contributed by atoms with Crippen molar-refractivity contribution in [2.24, 2.45) is 5.92 Å². The zero-order valence-electron chi connectivity index (χ0n) is 16.8. The molecule has 0 aliphatic carbocycles. The Hall–Kier alpha value is -3.26. The van der Waals surface area contributed by atoms with Crippen molar-refractivity contribution in [1.82, 2.24) is 19.8 Å². The van der Waals surface area contributed by atoms with Crippen LogP contribution in [-0.4, -0.2) is 31.0 Å². The molecule has 3 heterocycles. The molecule has 8 heteroatoms. The first kappa shape index (κ1) is 20.0. The van der Waals surface area contributed by atoms with E-state index in [1.54, 1.807) is 18.3 Å². The van der Waals surface area contributed by atoms with E-state index in [-0.39, 0.29) is 22.7 Å². The third-order valence-corrected chi connectivity index (χ3v) is 5.51. The molecule has 2 aromatic heterocycles. The molecular weight excluding hydrogens is 398 g/mol. The van der Waals surface area contributed by atoms with E-state index in [4.69, 9.17) is 12.2 Å². The van der Waals surface area contributed by atoms with E-state index in [2.05, 4.69) is 29.0 Å². The fourth-order valence-corrected chi connectivity index (χ4v) is 4.26. The Bertz CT molecular complexity index is 1070. The molecule has 154 valence electrons. The molecular formula is C22H23N5O2S. The molecule has 4 rings (SSSR count). The van der Waals surface area contributed by atoms with Gasteiger partial charge in [-0.25, -0.2) is 0 Å². The smallest absolute Gasteiger partial charge is 0.271 e. The van der Waals surface area contributed by atoms with Crippen LogP contribution in [0.3, 0.4) is 0 Å². The lowest BCUT2D eigenvalue weighted by Crippen LogP contribution is -2.33. The second-order valence-corrected chi connectivity index (χ2v) is 8.14. The van der Waals surface area contributed by atoms with Gasteiger partial charge in [-0.2, -0.15) is 0 Å². The van der Waals surface area contributed by atoms with Crippen LogP contribution in [0.25, 0.3) is 5.69 Å². The van der Waals surface area contributed by atoms with Gasteiger partial charge in [-0.15, -0.1) is 0 Å². The number of hydrogen-bond acceptors (Lipinski definition) is 4. The van der Waals surface area contributed by atoms with Crippen molar-refractivity contribution >= 4 is 23.0 Å². The molecule has 1 aliphatic heterocycles. The van der Waals surface area contributed by atoms with Crippen LogP contribution < -0.4 is 5.32 Å². The molecule has 2 atom stereocenters. The molecule has 1 saturated heterocycles. The normalized spacial score (nSPS) is 18.6. The summed E-state index contributed by atoms with van der Waals surface area (Å²) in [6.07, 6.45) is 3.71. The zero-order valence-corrected chi connectivity index (χ0v) is 17.6. The SMILES string of the molecule is CC(C)CN1C(=S)N[C@@H](c2ccccn2)[C@@H]1c1cccn1-c1cccc([N+](=O)[O-])c1. The summed E-state index contributed by atoms with van der Waals surface area (Å²) in [6.45, 7) is 5.11. The van der Waals surface area contributed by atoms with Crippen LogP contribution >= 0.6 is 12.2 Å². The first-order chi connectivity index (χ1) is 14.5. The summed E-state index contributed by atoms with van der Waals surface area (Å²) in [7, 11) is 0. The fraction of sp³-hybridized carbons (Fsp3) is 0.273. The number of nitro benzene ring substituents is 1. The number of nitrogens with one attached hydrogen (secondary N) is 1. The topological polar surface area (TPSA) is 76.2 Å². The standard InChI is InChI=1S/C22H23N5O2S/c1-15(2)14-26-21(20(24-22(26)30)18-9-3-4-11-23-18)19-10-6-12-25(19)16-7-5-8-17(13-16)27(28)29/h3-13,15,20-21H,14H2,1-2H3,(H,24,30)/t20-,21-/m0/s1. The molecule has 0 unspecified atom stereocenters. The molecule has 7 nitrogen and oxygen atoms in total. The van der Waals surface area contributed by atoms with Gasteiger partial charge in [0.25, 0.3) is 5.69 Å². The Balaban J connectivity index is 1.81. The number of benzene rings is 1. The average molecular weight is 422 g/mol. The van der Waals surface area contributed by atoms with Gasteiger partial charge in [-0.3, -0.25) is 15.1 Å². The van der Waals surface area contributed by atoms with Gasteiger partial charge in [0, 0.05) is 36.8 Å². The van der Waals surface area contributed by atoms with Gasteiger partial charge in [-0.05, 0) is 48.5 Å². The Labute approximate surface area is 180 Å². The van der Waals surface area contributed by atoms with Crippen molar-refractivity contribution in [1.29, 1.82) is 0 Å². The Morgan fingerprint density at radius 2 is 2.03 bits per heavy atom. The molecule has 1 fully saturated rings. The van der Waals surface area contributed by atoms with E-state index >= 15 is 0 Å². The highest BCUT2D eigenvalue weighted by Gasteiger charge is 2.41. The van der Waals surface area contributed by atoms with Crippen LogP contribution in [0.5, 0.6) is 0 Å². The molecule has 3 aromatic rings. The van der Waals surface area contributed by atoms with Crippen molar-refractivity contribution in [2.75, 3.05) is 6.54 Å². The Morgan fingerprint density at radius 1 is 1.20 bits per heavy atom. The van der Waals surface area contributed by atoms with Gasteiger partial charge in [0.05, 0.1) is 28.4 Å².